The van der Waals surface area contributed by atoms with E-state index in [-0.39, 0.29) is 5.91 Å². The van der Waals surface area contributed by atoms with Crippen LogP contribution in [-0.4, -0.2) is 48.2 Å². The molecule has 1 heterocycles. The molecule has 1 aromatic carbocycles. The molecule has 0 aliphatic rings. The van der Waals surface area contributed by atoms with Crippen LogP contribution in [0, 0.1) is 6.92 Å². The first kappa shape index (κ1) is 15.9. The number of hydrogen-bond acceptors (Lipinski definition) is 5. The van der Waals surface area contributed by atoms with E-state index in [0.29, 0.717) is 18.1 Å². The summed E-state index contributed by atoms with van der Waals surface area (Å²) in [5.41, 5.74) is 2.42. The molecule has 0 fully saturated rings. The number of rotatable bonds is 6. The van der Waals surface area contributed by atoms with Gasteiger partial charge in [-0.15, -0.1) is 10.2 Å². The van der Waals surface area contributed by atoms with Crippen LogP contribution in [0.2, 0.25) is 0 Å². The Balaban J connectivity index is 1.93. The van der Waals surface area contributed by atoms with Crippen molar-refractivity contribution in [2.24, 2.45) is 0 Å². The van der Waals surface area contributed by atoms with Crippen LogP contribution in [0.3, 0.4) is 0 Å². The fraction of sp³-hybridized carbons (Fsp3) is 0.312. The Hall–Kier alpha value is -2.47. The highest BCUT2D eigenvalue weighted by Crippen LogP contribution is 2.15. The van der Waals surface area contributed by atoms with Gasteiger partial charge in [-0.1, -0.05) is 12.1 Å². The molecule has 0 atom stereocenters. The molecule has 2 rings (SSSR count). The molecule has 0 spiro atoms. The van der Waals surface area contributed by atoms with E-state index in [9.17, 15) is 4.79 Å². The van der Waals surface area contributed by atoms with Crippen LogP contribution < -0.4 is 10.6 Å². The summed E-state index contributed by atoms with van der Waals surface area (Å²) < 4.78 is 0. The van der Waals surface area contributed by atoms with Crippen LogP contribution in [0.15, 0.2) is 36.4 Å². The molecule has 2 N–H and O–H groups in total. The lowest BCUT2D eigenvalue weighted by Crippen LogP contribution is -2.31. The van der Waals surface area contributed by atoms with Crippen molar-refractivity contribution in [2.45, 2.75) is 6.92 Å². The largest absolute Gasteiger partial charge is 0.349 e. The minimum absolute atomic E-state index is 0.212. The molecule has 0 bridgehead atoms. The van der Waals surface area contributed by atoms with Gasteiger partial charge in [0.2, 0.25) is 0 Å². The van der Waals surface area contributed by atoms with E-state index < -0.39 is 0 Å². The second-order valence-electron chi connectivity index (χ2n) is 5.36. The molecular weight excluding hydrogens is 278 g/mol. The number of carbonyl (C=O) groups is 1. The van der Waals surface area contributed by atoms with Crippen molar-refractivity contribution < 1.29 is 4.79 Å². The first-order chi connectivity index (χ1) is 10.5. The maximum Gasteiger partial charge on any atom is 0.271 e. The van der Waals surface area contributed by atoms with Crippen molar-refractivity contribution in [1.29, 1.82) is 0 Å². The lowest BCUT2D eigenvalue weighted by molar-refractivity contribution is 0.0945. The topological polar surface area (TPSA) is 70.2 Å². The summed E-state index contributed by atoms with van der Waals surface area (Å²) in [5.74, 6) is 0.395. The first-order valence-electron chi connectivity index (χ1n) is 7.15. The summed E-state index contributed by atoms with van der Waals surface area (Å²) >= 11 is 0. The first-order valence-corrected chi connectivity index (χ1v) is 7.15. The van der Waals surface area contributed by atoms with Gasteiger partial charge in [0.1, 0.15) is 0 Å². The Morgan fingerprint density at radius 2 is 2.00 bits per heavy atom. The molecule has 6 heteroatoms. The lowest BCUT2D eigenvalue weighted by Gasteiger charge is -2.10. The summed E-state index contributed by atoms with van der Waals surface area (Å²) in [6.45, 7) is 3.39. The summed E-state index contributed by atoms with van der Waals surface area (Å²) in [6, 6.07) is 11.4. The van der Waals surface area contributed by atoms with E-state index in [2.05, 4.69) is 20.8 Å². The van der Waals surface area contributed by atoms with E-state index >= 15 is 0 Å². The van der Waals surface area contributed by atoms with E-state index in [0.717, 1.165) is 17.8 Å². The van der Waals surface area contributed by atoms with Crippen LogP contribution in [0.25, 0.3) is 0 Å². The number of amides is 1. The van der Waals surface area contributed by atoms with Gasteiger partial charge in [0.15, 0.2) is 11.5 Å². The van der Waals surface area contributed by atoms with Gasteiger partial charge in [0, 0.05) is 18.8 Å². The number of hydrogen-bond donors (Lipinski definition) is 2. The SMILES string of the molecule is Cc1cccc(Nc2ccc(C(=O)NCCN(C)C)nn2)c1. The Morgan fingerprint density at radius 3 is 2.64 bits per heavy atom. The number of anilines is 2. The van der Waals surface area contributed by atoms with Crippen molar-refractivity contribution in [3.8, 4) is 0 Å². The zero-order chi connectivity index (χ0) is 15.9. The minimum Gasteiger partial charge on any atom is -0.349 e. The van der Waals surface area contributed by atoms with Crippen LogP contribution in [0.1, 0.15) is 16.1 Å². The molecule has 0 radical (unpaired) electrons. The predicted molar refractivity (Wildman–Crippen MR) is 87.4 cm³/mol. The Labute approximate surface area is 130 Å². The molecule has 1 amide bonds. The van der Waals surface area contributed by atoms with E-state index in [4.69, 9.17) is 0 Å². The summed E-state index contributed by atoms with van der Waals surface area (Å²) in [7, 11) is 3.91. The molecule has 0 unspecified atom stereocenters. The van der Waals surface area contributed by atoms with E-state index in [1.165, 1.54) is 0 Å². The van der Waals surface area contributed by atoms with Gasteiger partial charge < -0.3 is 15.5 Å². The third kappa shape index (κ3) is 4.82. The summed E-state index contributed by atoms with van der Waals surface area (Å²) in [6.07, 6.45) is 0. The normalized spacial score (nSPS) is 10.5. The fourth-order valence-corrected chi connectivity index (χ4v) is 1.87. The number of aromatic nitrogens is 2. The summed E-state index contributed by atoms with van der Waals surface area (Å²) in [5, 5.41) is 14.0. The zero-order valence-corrected chi connectivity index (χ0v) is 13.1. The maximum atomic E-state index is 11.9. The molecule has 1 aromatic heterocycles. The van der Waals surface area contributed by atoms with Crippen molar-refractivity contribution >= 4 is 17.4 Å². The van der Waals surface area contributed by atoms with Gasteiger partial charge >= 0.3 is 0 Å². The smallest absolute Gasteiger partial charge is 0.271 e. The van der Waals surface area contributed by atoms with Gasteiger partial charge in [0.05, 0.1) is 0 Å². The van der Waals surface area contributed by atoms with Gasteiger partial charge in [-0.2, -0.15) is 0 Å². The Bertz CT molecular complexity index is 625. The highest BCUT2D eigenvalue weighted by Gasteiger charge is 2.07. The number of aryl methyl sites for hydroxylation is 1. The van der Waals surface area contributed by atoms with Crippen LogP contribution >= 0.6 is 0 Å². The van der Waals surface area contributed by atoms with Crippen LogP contribution in [0.5, 0.6) is 0 Å². The van der Waals surface area contributed by atoms with Gasteiger partial charge in [-0.25, -0.2) is 0 Å². The Morgan fingerprint density at radius 1 is 1.18 bits per heavy atom. The number of carbonyl (C=O) groups excluding carboxylic acids is 1. The molecule has 22 heavy (non-hydrogen) atoms. The Kier molecular flexibility index (Phi) is 5.43. The predicted octanol–water partition coefficient (Wildman–Crippen LogP) is 1.82. The third-order valence-corrected chi connectivity index (χ3v) is 3.03. The second-order valence-corrected chi connectivity index (χ2v) is 5.36. The maximum absolute atomic E-state index is 11.9. The van der Waals surface area contributed by atoms with E-state index in [1.54, 1.807) is 12.1 Å². The monoisotopic (exact) mass is 299 g/mol. The summed E-state index contributed by atoms with van der Waals surface area (Å²) in [4.78, 5) is 13.9. The third-order valence-electron chi connectivity index (χ3n) is 3.03. The number of likely N-dealkylation sites (N-methyl/N-ethyl adjacent to an activating group) is 1. The number of benzene rings is 1. The molecule has 6 nitrogen and oxygen atoms in total. The van der Waals surface area contributed by atoms with Gasteiger partial charge in [-0.3, -0.25) is 4.79 Å². The fourth-order valence-electron chi connectivity index (χ4n) is 1.87. The number of nitrogens with zero attached hydrogens (tertiary/aromatic N) is 3. The quantitative estimate of drug-likeness (QED) is 0.851. The highest BCUT2D eigenvalue weighted by atomic mass is 16.1. The molecule has 0 aliphatic heterocycles. The van der Waals surface area contributed by atoms with Crippen molar-refractivity contribution in [3.05, 3.63) is 47.7 Å². The minimum atomic E-state index is -0.212. The van der Waals surface area contributed by atoms with Crippen molar-refractivity contribution in [3.63, 3.8) is 0 Å². The molecule has 0 aliphatic carbocycles. The standard InChI is InChI=1S/C16H21N5O/c1-12-5-4-6-13(11-12)18-15-8-7-14(19-20-15)16(22)17-9-10-21(2)3/h4-8,11H,9-10H2,1-3H3,(H,17,22)(H,18,20). The average Bonchev–Trinajstić information content (AvgIpc) is 2.47. The van der Waals surface area contributed by atoms with Gasteiger partial charge in [0.25, 0.3) is 5.91 Å². The molecule has 2 aromatic rings. The highest BCUT2D eigenvalue weighted by molar-refractivity contribution is 5.92. The van der Waals surface area contributed by atoms with E-state index in [1.807, 2.05) is 50.2 Å². The molecule has 0 saturated carbocycles. The van der Waals surface area contributed by atoms with Crippen LogP contribution in [0.4, 0.5) is 11.5 Å². The van der Waals surface area contributed by atoms with Gasteiger partial charge in [-0.05, 0) is 50.8 Å². The number of nitrogens with one attached hydrogen (secondary N) is 2. The average molecular weight is 299 g/mol. The molecular formula is C16H21N5O. The second kappa shape index (κ2) is 7.51. The molecule has 116 valence electrons. The van der Waals surface area contributed by atoms with Crippen molar-refractivity contribution in [1.82, 2.24) is 20.4 Å². The van der Waals surface area contributed by atoms with Crippen LogP contribution in [-0.2, 0) is 0 Å². The molecule has 0 saturated heterocycles. The lowest BCUT2D eigenvalue weighted by atomic mass is 10.2. The zero-order valence-electron chi connectivity index (χ0n) is 13.1. The van der Waals surface area contributed by atoms with Crippen molar-refractivity contribution in [2.75, 3.05) is 32.5 Å².